The Hall–Kier alpha value is -2.74. The second-order valence-electron chi connectivity index (χ2n) is 4.98. The number of pyridine rings is 1. The molecule has 0 aliphatic carbocycles. The summed E-state index contributed by atoms with van der Waals surface area (Å²) in [6.45, 7) is -0.0368. The summed E-state index contributed by atoms with van der Waals surface area (Å²) in [4.78, 5) is 32.6. The van der Waals surface area contributed by atoms with Crippen molar-refractivity contribution in [3.05, 3.63) is 36.5 Å². The Morgan fingerprint density at radius 2 is 2.23 bits per heavy atom. The van der Waals surface area contributed by atoms with Crippen LogP contribution >= 0.6 is 0 Å². The van der Waals surface area contributed by atoms with Gasteiger partial charge in [-0.25, -0.2) is 9.78 Å². The van der Waals surface area contributed by atoms with Crippen LogP contribution in [0.5, 0.6) is 0 Å². The molecule has 8 nitrogen and oxygen atoms in total. The van der Waals surface area contributed by atoms with Gasteiger partial charge in [0.25, 0.3) is 5.91 Å². The zero-order valence-electron chi connectivity index (χ0n) is 11.4. The molecule has 0 aromatic carbocycles. The molecule has 3 rings (SSSR count). The zero-order valence-corrected chi connectivity index (χ0v) is 11.4. The fourth-order valence-electron chi connectivity index (χ4n) is 2.41. The number of aliphatic carboxylic acids is 1. The fraction of sp³-hybridized carbons (Fsp3) is 0.286. The first-order valence-electron chi connectivity index (χ1n) is 6.64. The Morgan fingerprint density at radius 3 is 2.91 bits per heavy atom. The van der Waals surface area contributed by atoms with E-state index in [1.807, 2.05) is 0 Å². The first-order chi connectivity index (χ1) is 10.6. The van der Waals surface area contributed by atoms with Gasteiger partial charge in [0.1, 0.15) is 12.3 Å². The molecule has 0 radical (unpaired) electrons. The third-order valence-corrected chi connectivity index (χ3v) is 3.46. The Bertz CT molecular complexity index is 700. The molecule has 1 fully saturated rings. The average Bonchev–Trinajstić information content (AvgIpc) is 3.14. The van der Waals surface area contributed by atoms with Gasteiger partial charge >= 0.3 is 5.97 Å². The lowest BCUT2D eigenvalue weighted by atomic mass is 10.2. The predicted octanol–water partition coefficient (Wildman–Crippen LogP) is 0.397. The number of likely N-dealkylation sites (tertiary alicyclic amines) is 1. The molecule has 0 spiro atoms. The van der Waals surface area contributed by atoms with Gasteiger partial charge in [0.05, 0.1) is 11.7 Å². The fourth-order valence-corrected chi connectivity index (χ4v) is 2.41. The molecule has 2 aromatic heterocycles. The zero-order chi connectivity index (χ0) is 15.7. The summed E-state index contributed by atoms with van der Waals surface area (Å²) in [5.74, 6) is -1.51. The number of carbonyl (C=O) groups is 2. The number of rotatable bonds is 3. The molecule has 2 N–H and O–H groups in total. The van der Waals surface area contributed by atoms with Crippen molar-refractivity contribution in [1.82, 2.24) is 14.9 Å². The van der Waals surface area contributed by atoms with Gasteiger partial charge < -0.3 is 19.5 Å². The van der Waals surface area contributed by atoms with Gasteiger partial charge in [-0.2, -0.15) is 0 Å². The lowest BCUT2D eigenvalue weighted by Gasteiger charge is -2.19. The number of β-amino-alcohol motifs (C(OH)–C–C–N with tert-alkyl or cyclic N) is 1. The molecule has 1 amide bonds. The lowest BCUT2D eigenvalue weighted by molar-refractivity contribution is -0.141. The molecule has 22 heavy (non-hydrogen) atoms. The molecule has 0 saturated carbocycles. The minimum Gasteiger partial charge on any atom is -0.480 e. The summed E-state index contributed by atoms with van der Waals surface area (Å²) < 4.78 is 5.25. The van der Waals surface area contributed by atoms with E-state index in [0.29, 0.717) is 5.56 Å². The molecule has 1 saturated heterocycles. The number of amides is 1. The van der Waals surface area contributed by atoms with Crippen molar-refractivity contribution in [2.75, 3.05) is 6.54 Å². The quantitative estimate of drug-likeness (QED) is 0.842. The van der Waals surface area contributed by atoms with Gasteiger partial charge in [0.15, 0.2) is 5.69 Å². The molecule has 114 valence electrons. The van der Waals surface area contributed by atoms with Crippen LogP contribution in [0.25, 0.3) is 11.5 Å². The Kier molecular flexibility index (Phi) is 3.60. The molecule has 1 aliphatic heterocycles. The van der Waals surface area contributed by atoms with Crippen LogP contribution in [0.3, 0.4) is 0 Å². The van der Waals surface area contributed by atoms with Crippen LogP contribution in [0, 0.1) is 0 Å². The second-order valence-corrected chi connectivity index (χ2v) is 4.98. The summed E-state index contributed by atoms with van der Waals surface area (Å²) in [6, 6.07) is 2.38. The molecule has 2 aromatic rings. The van der Waals surface area contributed by atoms with E-state index in [1.165, 1.54) is 6.26 Å². The highest BCUT2D eigenvalue weighted by Gasteiger charge is 2.40. The largest absolute Gasteiger partial charge is 0.480 e. The summed E-state index contributed by atoms with van der Waals surface area (Å²) in [5.41, 5.74) is 0.608. The van der Waals surface area contributed by atoms with Crippen molar-refractivity contribution in [3.8, 4) is 11.5 Å². The van der Waals surface area contributed by atoms with Gasteiger partial charge in [-0.3, -0.25) is 9.78 Å². The maximum atomic E-state index is 12.4. The number of hydrogen-bond acceptors (Lipinski definition) is 6. The second kappa shape index (κ2) is 5.57. The minimum absolute atomic E-state index is 0.000738. The van der Waals surface area contributed by atoms with Gasteiger partial charge in [0, 0.05) is 25.4 Å². The van der Waals surface area contributed by atoms with Crippen molar-refractivity contribution >= 4 is 11.9 Å². The van der Waals surface area contributed by atoms with Crippen LogP contribution in [-0.4, -0.2) is 55.6 Å². The molecule has 1 aliphatic rings. The third kappa shape index (κ3) is 2.56. The van der Waals surface area contributed by atoms with Crippen molar-refractivity contribution < 1.29 is 24.2 Å². The Balaban J connectivity index is 1.84. The van der Waals surface area contributed by atoms with Crippen LogP contribution in [0.2, 0.25) is 0 Å². The normalized spacial score (nSPS) is 21.0. The predicted molar refractivity (Wildman–Crippen MR) is 72.8 cm³/mol. The minimum atomic E-state index is -1.15. The standard InChI is InChI=1S/C14H13N3O5/c18-9-4-11(14(20)21)17(6-9)13(19)10-7-22-12(16-10)8-2-1-3-15-5-8/h1-3,5,7,9,11,18H,4,6H2,(H,20,21)/t9-,11-/m1/s1. The Morgan fingerprint density at radius 1 is 1.41 bits per heavy atom. The van der Waals surface area contributed by atoms with Crippen molar-refractivity contribution in [2.24, 2.45) is 0 Å². The van der Waals surface area contributed by atoms with E-state index in [-0.39, 0.29) is 24.6 Å². The van der Waals surface area contributed by atoms with E-state index in [9.17, 15) is 14.7 Å². The number of carbonyl (C=O) groups excluding carboxylic acids is 1. The van der Waals surface area contributed by atoms with Gasteiger partial charge in [-0.05, 0) is 12.1 Å². The maximum Gasteiger partial charge on any atom is 0.326 e. The number of nitrogens with zero attached hydrogens (tertiary/aromatic N) is 3. The highest BCUT2D eigenvalue weighted by Crippen LogP contribution is 2.23. The molecule has 2 atom stereocenters. The van der Waals surface area contributed by atoms with Crippen molar-refractivity contribution in [2.45, 2.75) is 18.6 Å². The first kappa shape index (κ1) is 14.2. The Labute approximate surface area is 125 Å². The monoisotopic (exact) mass is 303 g/mol. The number of aromatic nitrogens is 2. The summed E-state index contributed by atoms with van der Waals surface area (Å²) in [7, 11) is 0. The number of carboxylic acid groups (broad SMARTS) is 1. The summed E-state index contributed by atoms with van der Waals surface area (Å²) in [5, 5.41) is 18.7. The molecule has 3 heterocycles. The average molecular weight is 303 g/mol. The first-order valence-corrected chi connectivity index (χ1v) is 6.64. The number of oxazole rings is 1. The maximum absolute atomic E-state index is 12.4. The number of hydrogen-bond donors (Lipinski definition) is 2. The van der Waals surface area contributed by atoms with Crippen LogP contribution in [0.15, 0.2) is 35.2 Å². The van der Waals surface area contributed by atoms with Gasteiger partial charge in [-0.1, -0.05) is 0 Å². The van der Waals surface area contributed by atoms with E-state index in [4.69, 9.17) is 9.52 Å². The van der Waals surface area contributed by atoms with E-state index in [0.717, 1.165) is 4.90 Å². The van der Waals surface area contributed by atoms with Crippen LogP contribution < -0.4 is 0 Å². The van der Waals surface area contributed by atoms with Gasteiger partial charge in [0.2, 0.25) is 5.89 Å². The summed E-state index contributed by atoms with van der Waals surface area (Å²) >= 11 is 0. The van der Waals surface area contributed by atoms with Crippen molar-refractivity contribution in [1.29, 1.82) is 0 Å². The van der Waals surface area contributed by atoms with Crippen LogP contribution in [0.4, 0.5) is 0 Å². The van der Waals surface area contributed by atoms with Gasteiger partial charge in [-0.15, -0.1) is 0 Å². The van der Waals surface area contributed by atoms with E-state index in [1.54, 1.807) is 24.5 Å². The van der Waals surface area contributed by atoms with Crippen LogP contribution in [0.1, 0.15) is 16.9 Å². The van der Waals surface area contributed by atoms with E-state index in [2.05, 4.69) is 9.97 Å². The molecule has 0 bridgehead atoms. The van der Waals surface area contributed by atoms with E-state index < -0.39 is 24.0 Å². The van der Waals surface area contributed by atoms with E-state index >= 15 is 0 Å². The number of carboxylic acids is 1. The molecular formula is C14H13N3O5. The highest BCUT2D eigenvalue weighted by molar-refractivity contribution is 5.95. The summed E-state index contributed by atoms with van der Waals surface area (Å²) in [6.07, 6.45) is 3.47. The smallest absolute Gasteiger partial charge is 0.326 e. The molecular weight excluding hydrogens is 290 g/mol. The lowest BCUT2D eigenvalue weighted by Crippen LogP contribution is -2.40. The SMILES string of the molecule is O=C(O)[C@H]1C[C@@H](O)CN1C(=O)c1coc(-c2cccnc2)n1. The molecule has 8 heteroatoms. The topological polar surface area (TPSA) is 117 Å². The highest BCUT2D eigenvalue weighted by atomic mass is 16.4. The van der Waals surface area contributed by atoms with Crippen LogP contribution in [-0.2, 0) is 4.79 Å². The number of aliphatic hydroxyl groups is 1. The molecule has 0 unspecified atom stereocenters. The third-order valence-electron chi connectivity index (χ3n) is 3.46. The number of aliphatic hydroxyl groups excluding tert-OH is 1. The van der Waals surface area contributed by atoms with Crippen molar-refractivity contribution in [3.63, 3.8) is 0 Å².